The maximum absolute atomic E-state index is 13.0. The standard InChI is InChI=1S/C21H23N3O2S2/c1-13(19(25)23(2)14-9-5-4-6-10-14)27-21-22-18-17(20(26)24(21)3)15-11-7-8-12-16(15)28-18/h4-6,9-10,13H,7-8,11-12H2,1-3H3. The predicted molar refractivity (Wildman–Crippen MR) is 117 cm³/mol. The summed E-state index contributed by atoms with van der Waals surface area (Å²) in [6.07, 6.45) is 4.32. The number of rotatable bonds is 4. The van der Waals surface area contributed by atoms with E-state index < -0.39 is 0 Å². The number of nitrogens with zero attached hydrogens (tertiary/aromatic N) is 3. The molecule has 1 aliphatic rings. The molecule has 3 aromatic rings. The number of fused-ring (bicyclic) bond motifs is 3. The number of benzene rings is 1. The fourth-order valence-electron chi connectivity index (χ4n) is 3.63. The van der Waals surface area contributed by atoms with Gasteiger partial charge in [0.05, 0.1) is 10.6 Å². The van der Waals surface area contributed by atoms with Gasteiger partial charge in [-0.2, -0.15) is 0 Å². The van der Waals surface area contributed by atoms with E-state index in [0.717, 1.165) is 35.2 Å². The summed E-state index contributed by atoms with van der Waals surface area (Å²) in [4.78, 5) is 34.4. The molecule has 2 aromatic heterocycles. The van der Waals surface area contributed by atoms with Crippen molar-refractivity contribution in [2.45, 2.75) is 43.0 Å². The van der Waals surface area contributed by atoms with E-state index in [1.54, 1.807) is 34.9 Å². The van der Waals surface area contributed by atoms with Gasteiger partial charge in [0, 0.05) is 24.7 Å². The van der Waals surface area contributed by atoms with Crippen LogP contribution in [0.4, 0.5) is 5.69 Å². The van der Waals surface area contributed by atoms with Gasteiger partial charge >= 0.3 is 0 Å². The predicted octanol–water partition coefficient (Wildman–Crippen LogP) is 4.02. The first-order valence-electron chi connectivity index (χ1n) is 9.48. The first-order chi connectivity index (χ1) is 13.5. The lowest BCUT2D eigenvalue weighted by Crippen LogP contribution is -2.33. The average molecular weight is 414 g/mol. The molecular weight excluding hydrogens is 390 g/mol. The van der Waals surface area contributed by atoms with Gasteiger partial charge in [0.1, 0.15) is 4.83 Å². The van der Waals surface area contributed by atoms with Crippen molar-refractivity contribution < 1.29 is 4.79 Å². The molecule has 1 unspecified atom stereocenters. The second-order valence-corrected chi connectivity index (χ2v) is 9.53. The third kappa shape index (κ3) is 3.37. The van der Waals surface area contributed by atoms with Crippen molar-refractivity contribution in [1.82, 2.24) is 9.55 Å². The van der Waals surface area contributed by atoms with Gasteiger partial charge in [0.15, 0.2) is 5.16 Å². The summed E-state index contributed by atoms with van der Waals surface area (Å²) in [6, 6.07) is 9.57. The number of aryl methyl sites for hydroxylation is 2. The molecule has 0 saturated heterocycles. The third-order valence-corrected chi connectivity index (χ3v) is 7.58. The number of anilines is 1. The Morgan fingerprint density at radius 3 is 2.71 bits per heavy atom. The normalized spacial score (nSPS) is 14.7. The van der Waals surface area contributed by atoms with Crippen molar-refractivity contribution >= 4 is 44.9 Å². The van der Waals surface area contributed by atoms with E-state index in [-0.39, 0.29) is 16.7 Å². The van der Waals surface area contributed by atoms with Crippen LogP contribution in [0.1, 0.15) is 30.2 Å². The number of thioether (sulfide) groups is 1. The molecule has 1 amide bonds. The monoisotopic (exact) mass is 413 g/mol. The molecule has 28 heavy (non-hydrogen) atoms. The summed E-state index contributed by atoms with van der Waals surface area (Å²) in [6.45, 7) is 1.86. The Labute approximate surface area is 172 Å². The van der Waals surface area contributed by atoms with Crippen LogP contribution in [0.25, 0.3) is 10.2 Å². The number of para-hydroxylation sites is 1. The second kappa shape index (κ2) is 7.72. The van der Waals surface area contributed by atoms with Gasteiger partial charge in [0.2, 0.25) is 5.91 Å². The average Bonchev–Trinajstić information content (AvgIpc) is 3.09. The number of amides is 1. The summed E-state index contributed by atoms with van der Waals surface area (Å²) in [5, 5.41) is 1.03. The molecule has 4 rings (SSSR count). The van der Waals surface area contributed by atoms with Crippen LogP contribution in [0.2, 0.25) is 0 Å². The van der Waals surface area contributed by atoms with Gasteiger partial charge in [-0.15, -0.1) is 11.3 Å². The molecule has 1 aliphatic carbocycles. The van der Waals surface area contributed by atoms with E-state index in [1.165, 1.54) is 28.6 Å². The van der Waals surface area contributed by atoms with Crippen LogP contribution in [0, 0.1) is 0 Å². The van der Waals surface area contributed by atoms with Crippen molar-refractivity contribution in [3.8, 4) is 0 Å². The molecule has 0 spiro atoms. The zero-order valence-corrected chi connectivity index (χ0v) is 17.9. The van der Waals surface area contributed by atoms with E-state index >= 15 is 0 Å². The molecule has 0 saturated carbocycles. The van der Waals surface area contributed by atoms with E-state index in [2.05, 4.69) is 0 Å². The quantitative estimate of drug-likeness (QED) is 0.479. The van der Waals surface area contributed by atoms with Crippen molar-refractivity contribution in [2.75, 3.05) is 11.9 Å². The van der Waals surface area contributed by atoms with Crippen LogP contribution in [-0.2, 0) is 24.7 Å². The van der Waals surface area contributed by atoms with Crippen molar-refractivity contribution in [3.05, 3.63) is 51.1 Å². The van der Waals surface area contributed by atoms with Gasteiger partial charge in [-0.05, 0) is 50.3 Å². The smallest absolute Gasteiger partial charge is 0.262 e. The molecule has 7 heteroatoms. The van der Waals surface area contributed by atoms with Crippen LogP contribution in [0.15, 0.2) is 40.3 Å². The maximum atomic E-state index is 13.0. The molecule has 2 heterocycles. The van der Waals surface area contributed by atoms with Crippen LogP contribution < -0.4 is 10.5 Å². The van der Waals surface area contributed by atoms with E-state index in [4.69, 9.17) is 4.98 Å². The minimum Gasteiger partial charge on any atom is -0.315 e. The Bertz CT molecular complexity index is 1090. The van der Waals surface area contributed by atoms with Crippen LogP contribution in [0.5, 0.6) is 0 Å². The highest BCUT2D eigenvalue weighted by atomic mass is 32.2. The molecule has 146 valence electrons. The van der Waals surface area contributed by atoms with Gasteiger partial charge < -0.3 is 4.90 Å². The molecule has 5 nitrogen and oxygen atoms in total. The van der Waals surface area contributed by atoms with Crippen molar-refractivity contribution in [3.63, 3.8) is 0 Å². The first kappa shape index (κ1) is 19.2. The largest absolute Gasteiger partial charge is 0.315 e. The minimum atomic E-state index is -0.352. The zero-order valence-electron chi connectivity index (χ0n) is 16.3. The van der Waals surface area contributed by atoms with Crippen molar-refractivity contribution in [2.24, 2.45) is 7.05 Å². The Morgan fingerprint density at radius 2 is 1.96 bits per heavy atom. The summed E-state index contributed by atoms with van der Waals surface area (Å²) in [7, 11) is 3.53. The fourth-order valence-corrected chi connectivity index (χ4v) is 5.90. The lowest BCUT2D eigenvalue weighted by Gasteiger charge is -2.21. The lowest BCUT2D eigenvalue weighted by atomic mass is 9.97. The molecular formula is C21H23N3O2S2. The van der Waals surface area contributed by atoms with E-state index in [0.29, 0.717) is 5.16 Å². The Balaban J connectivity index is 1.63. The molecule has 0 fully saturated rings. The van der Waals surface area contributed by atoms with E-state index in [1.807, 2.05) is 37.3 Å². The Kier molecular flexibility index (Phi) is 5.29. The number of hydrogen-bond donors (Lipinski definition) is 0. The number of aromatic nitrogens is 2. The first-order valence-corrected chi connectivity index (χ1v) is 11.2. The fraction of sp³-hybridized carbons (Fsp3) is 0.381. The van der Waals surface area contributed by atoms with Gasteiger partial charge in [-0.3, -0.25) is 14.2 Å². The van der Waals surface area contributed by atoms with Gasteiger partial charge in [-0.1, -0.05) is 30.0 Å². The van der Waals surface area contributed by atoms with Crippen LogP contribution in [0.3, 0.4) is 0 Å². The van der Waals surface area contributed by atoms with E-state index in [9.17, 15) is 9.59 Å². The number of hydrogen-bond acceptors (Lipinski definition) is 5. The summed E-state index contributed by atoms with van der Waals surface area (Å²) in [5.41, 5.74) is 2.05. The summed E-state index contributed by atoms with van der Waals surface area (Å²) in [5.74, 6) is -0.0176. The molecule has 0 radical (unpaired) electrons. The Hall–Kier alpha value is -2.12. The number of carbonyl (C=O) groups excluding carboxylic acids is 1. The highest BCUT2D eigenvalue weighted by molar-refractivity contribution is 8.00. The summed E-state index contributed by atoms with van der Waals surface area (Å²) < 4.78 is 1.60. The maximum Gasteiger partial charge on any atom is 0.262 e. The van der Waals surface area contributed by atoms with Crippen molar-refractivity contribution in [1.29, 1.82) is 0 Å². The molecule has 0 N–H and O–H groups in total. The molecule has 1 aromatic carbocycles. The SMILES string of the molecule is CC(Sc1nc2sc3c(c2c(=O)n1C)CCCC3)C(=O)N(C)c1ccccc1. The number of carbonyl (C=O) groups is 1. The molecule has 0 aliphatic heterocycles. The highest BCUT2D eigenvalue weighted by Gasteiger charge is 2.25. The lowest BCUT2D eigenvalue weighted by molar-refractivity contribution is -0.117. The van der Waals surface area contributed by atoms with Gasteiger partial charge in [0.25, 0.3) is 5.56 Å². The summed E-state index contributed by atoms with van der Waals surface area (Å²) >= 11 is 2.99. The second-order valence-electron chi connectivity index (χ2n) is 7.14. The minimum absolute atomic E-state index is 0.00274. The Morgan fingerprint density at radius 1 is 1.25 bits per heavy atom. The van der Waals surface area contributed by atoms with Crippen LogP contribution >= 0.6 is 23.1 Å². The zero-order chi connectivity index (χ0) is 19.8. The topological polar surface area (TPSA) is 55.2 Å². The third-order valence-electron chi connectivity index (χ3n) is 5.26. The van der Waals surface area contributed by atoms with Crippen LogP contribution in [-0.4, -0.2) is 27.8 Å². The van der Waals surface area contributed by atoms with Gasteiger partial charge in [-0.25, -0.2) is 4.98 Å². The highest BCUT2D eigenvalue weighted by Crippen LogP contribution is 2.35. The molecule has 0 bridgehead atoms. The number of thiophene rings is 1. The molecule has 1 atom stereocenters.